The average Bonchev–Trinajstić information content (AvgIpc) is 2.98. The number of rotatable bonds is 13. The van der Waals surface area contributed by atoms with Gasteiger partial charge < -0.3 is 9.84 Å². The summed E-state index contributed by atoms with van der Waals surface area (Å²) in [7, 11) is 0. The number of unbranched alkanes of at least 4 members (excludes halogenated alkanes) is 4. The number of aliphatic hydroxyl groups is 1. The molecule has 1 rings (SSSR count). The lowest BCUT2D eigenvalue weighted by molar-refractivity contribution is -0.138. The molecule has 2 atom stereocenters. The van der Waals surface area contributed by atoms with E-state index in [2.05, 4.69) is 6.92 Å². The van der Waals surface area contributed by atoms with Crippen LogP contribution in [0.3, 0.4) is 0 Å². The van der Waals surface area contributed by atoms with Crippen LogP contribution in [0.4, 0.5) is 0 Å². The van der Waals surface area contributed by atoms with Crippen LogP contribution in [-0.2, 0) is 14.3 Å². The molecule has 1 aliphatic rings. The van der Waals surface area contributed by atoms with Gasteiger partial charge in [0.15, 0.2) is 0 Å². The van der Waals surface area contributed by atoms with Crippen LogP contribution in [0.2, 0.25) is 0 Å². The molecule has 0 saturated heterocycles. The molecule has 25 heavy (non-hydrogen) atoms. The first-order chi connectivity index (χ1) is 11.9. The van der Waals surface area contributed by atoms with Crippen molar-refractivity contribution in [2.75, 3.05) is 0 Å². The molecule has 0 amide bonds. The molecule has 2 unspecified atom stereocenters. The Balaban J connectivity index is 1.99. The molecule has 0 radical (unpaired) electrons. The average molecular weight is 353 g/mol. The number of carbonyl (C=O) groups excluding carboxylic acids is 2. The van der Waals surface area contributed by atoms with Gasteiger partial charge in [0, 0.05) is 18.8 Å². The first-order valence-electron chi connectivity index (χ1n) is 10.0. The molecule has 0 spiro atoms. The van der Waals surface area contributed by atoms with Crippen LogP contribution < -0.4 is 0 Å². The van der Waals surface area contributed by atoms with Crippen LogP contribution >= 0.6 is 0 Å². The molecule has 0 bridgehead atoms. The Morgan fingerprint density at radius 1 is 1.28 bits per heavy atom. The molecule has 144 valence electrons. The fourth-order valence-corrected chi connectivity index (χ4v) is 3.35. The smallest absolute Gasteiger partial charge is 0.310 e. The largest absolute Gasteiger partial charge is 0.435 e. The first kappa shape index (κ1) is 21.9. The molecule has 4 heteroatoms. The zero-order chi connectivity index (χ0) is 18.5. The summed E-state index contributed by atoms with van der Waals surface area (Å²) in [6, 6.07) is 0. The maximum absolute atomic E-state index is 11.6. The highest BCUT2D eigenvalue weighted by Crippen LogP contribution is 2.26. The maximum Gasteiger partial charge on any atom is 0.310 e. The Morgan fingerprint density at radius 2 is 2.04 bits per heavy atom. The molecular formula is C21H36O4. The number of Topliss-reactive ketones (excluding diaryl/α,β-unsaturated/α-hetero) is 1. The van der Waals surface area contributed by atoms with Gasteiger partial charge in [-0.3, -0.25) is 9.59 Å². The minimum Gasteiger partial charge on any atom is -0.435 e. The van der Waals surface area contributed by atoms with Crippen molar-refractivity contribution in [3.05, 3.63) is 12.3 Å². The van der Waals surface area contributed by atoms with Crippen LogP contribution in [0.1, 0.15) is 97.3 Å². The molecule has 4 nitrogen and oxygen atoms in total. The number of hydrogen-bond acceptors (Lipinski definition) is 4. The van der Waals surface area contributed by atoms with Gasteiger partial charge in [0.1, 0.15) is 5.78 Å². The molecule has 0 heterocycles. The minimum atomic E-state index is -0.723. The lowest BCUT2D eigenvalue weighted by atomic mass is 9.95. The third kappa shape index (κ3) is 10.4. The number of ether oxygens (including phenoxy) is 1. The maximum atomic E-state index is 11.6. The molecule has 0 aromatic heterocycles. The van der Waals surface area contributed by atoms with Crippen molar-refractivity contribution in [1.29, 1.82) is 0 Å². The van der Waals surface area contributed by atoms with E-state index in [-0.39, 0.29) is 5.97 Å². The second-order valence-electron chi connectivity index (χ2n) is 7.67. The Hall–Kier alpha value is -1.16. The van der Waals surface area contributed by atoms with E-state index in [1.807, 2.05) is 6.92 Å². The van der Waals surface area contributed by atoms with Gasteiger partial charge in [0.05, 0.1) is 11.9 Å². The van der Waals surface area contributed by atoms with Gasteiger partial charge >= 0.3 is 5.97 Å². The predicted octanol–water partition coefficient (Wildman–Crippen LogP) is 5.08. The van der Waals surface area contributed by atoms with E-state index in [1.54, 1.807) is 6.08 Å². The molecule has 1 N–H and O–H groups in total. The number of ketones is 1. The van der Waals surface area contributed by atoms with Crippen molar-refractivity contribution in [2.24, 2.45) is 5.92 Å². The number of hydrogen-bond donors (Lipinski definition) is 1. The third-order valence-corrected chi connectivity index (χ3v) is 5.04. The second kappa shape index (κ2) is 12.2. The van der Waals surface area contributed by atoms with E-state index in [0.29, 0.717) is 24.5 Å². The summed E-state index contributed by atoms with van der Waals surface area (Å²) in [6.45, 7) is 3.91. The lowest BCUT2D eigenvalue weighted by Crippen LogP contribution is -2.22. The quantitative estimate of drug-likeness (QED) is 0.285. The van der Waals surface area contributed by atoms with Crippen molar-refractivity contribution in [3.63, 3.8) is 0 Å². The monoisotopic (exact) mass is 352 g/mol. The van der Waals surface area contributed by atoms with E-state index in [0.717, 1.165) is 70.6 Å². The molecule has 0 aromatic rings. The van der Waals surface area contributed by atoms with Crippen molar-refractivity contribution >= 4 is 11.8 Å². The standard InChI is InChI=1S/C21H36O4/c1-3-4-15-21(2,24)16-10-17-25-20(23)14-8-6-5-7-11-18-12-9-13-19(18)22/h10,17-18,24H,3-9,11-16H2,1-2H3/b17-10+. The summed E-state index contributed by atoms with van der Waals surface area (Å²) in [4.78, 5) is 23.2. The normalized spacial score (nSPS) is 20.1. The highest BCUT2D eigenvalue weighted by atomic mass is 16.5. The van der Waals surface area contributed by atoms with Crippen molar-refractivity contribution in [2.45, 2.75) is 103 Å². The van der Waals surface area contributed by atoms with Gasteiger partial charge in [-0.2, -0.15) is 0 Å². The van der Waals surface area contributed by atoms with E-state index in [9.17, 15) is 14.7 Å². The number of esters is 1. The summed E-state index contributed by atoms with van der Waals surface area (Å²) in [5.41, 5.74) is -0.723. The SMILES string of the molecule is CCCCC(C)(O)C/C=C/OC(=O)CCCCCCC1CCCC1=O. The summed E-state index contributed by atoms with van der Waals surface area (Å²) in [5.74, 6) is 0.545. The zero-order valence-corrected chi connectivity index (χ0v) is 16.1. The molecule has 0 aliphatic heterocycles. The van der Waals surface area contributed by atoms with E-state index in [4.69, 9.17) is 4.74 Å². The van der Waals surface area contributed by atoms with Gasteiger partial charge in [-0.1, -0.05) is 39.0 Å². The summed E-state index contributed by atoms with van der Waals surface area (Å²) < 4.78 is 5.07. The Morgan fingerprint density at radius 3 is 2.72 bits per heavy atom. The Labute approximate surface area is 153 Å². The van der Waals surface area contributed by atoms with Crippen molar-refractivity contribution in [1.82, 2.24) is 0 Å². The Kier molecular flexibility index (Phi) is 10.7. The summed E-state index contributed by atoms with van der Waals surface area (Å²) in [6.07, 6.45) is 14.8. The third-order valence-electron chi connectivity index (χ3n) is 5.04. The molecular weight excluding hydrogens is 316 g/mol. The van der Waals surface area contributed by atoms with Gasteiger partial charge in [-0.05, 0) is 51.5 Å². The molecule has 1 fully saturated rings. The molecule has 0 aromatic carbocycles. The van der Waals surface area contributed by atoms with Crippen LogP contribution in [0.15, 0.2) is 12.3 Å². The van der Waals surface area contributed by atoms with E-state index in [1.165, 1.54) is 6.26 Å². The van der Waals surface area contributed by atoms with Gasteiger partial charge in [-0.25, -0.2) is 0 Å². The lowest BCUT2D eigenvalue weighted by Gasteiger charge is -2.20. The summed E-state index contributed by atoms with van der Waals surface area (Å²) >= 11 is 0. The van der Waals surface area contributed by atoms with Crippen molar-refractivity contribution in [3.8, 4) is 0 Å². The van der Waals surface area contributed by atoms with Crippen molar-refractivity contribution < 1.29 is 19.4 Å². The first-order valence-corrected chi connectivity index (χ1v) is 10.0. The van der Waals surface area contributed by atoms with Gasteiger partial charge in [0.2, 0.25) is 0 Å². The zero-order valence-electron chi connectivity index (χ0n) is 16.1. The van der Waals surface area contributed by atoms with Crippen LogP contribution in [0.25, 0.3) is 0 Å². The number of carbonyl (C=O) groups is 2. The van der Waals surface area contributed by atoms with E-state index < -0.39 is 5.60 Å². The van der Waals surface area contributed by atoms with Crippen LogP contribution in [-0.4, -0.2) is 22.5 Å². The molecule has 1 saturated carbocycles. The highest BCUT2D eigenvalue weighted by Gasteiger charge is 2.23. The highest BCUT2D eigenvalue weighted by molar-refractivity contribution is 5.82. The van der Waals surface area contributed by atoms with Gasteiger partial charge in [0.25, 0.3) is 0 Å². The van der Waals surface area contributed by atoms with Gasteiger partial charge in [-0.15, -0.1) is 0 Å². The molecule has 1 aliphatic carbocycles. The second-order valence-corrected chi connectivity index (χ2v) is 7.67. The van der Waals surface area contributed by atoms with Crippen LogP contribution in [0.5, 0.6) is 0 Å². The minimum absolute atomic E-state index is 0.213. The topological polar surface area (TPSA) is 63.6 Å². The van der Waals surface area contributed by atoms with E-state index >= 15 is 0 Å². The fourth-order valence-electron chi connectivity index (χ4n) is 3.35. The Bertz CT molecular complexity index is 426. The predicted molar refractivity (Wildman–Crippen MR) is 100 cm³/mol. The van der Waals surface area contributed by atoms with Crippen LogP contribution in [0, 0.1) is 5.92 Å². The fraction of sp³-hybridized carbons (Fsp3) is 0.810. The summed E-state index contributed by atoms with van der Waals surface area (Å²) in [5, 5.41) is 10.1.